The molecule has 1 aliphatic rings. The summed E-state index contributed by atoms with van der Waals surface area (Å²) in [5, 5.41) is 7.81. The van der Waals surface area contributed by atoms with Crippen LogP contribution in [0.4, 0.5) is 5.82 Å². The third-order valence-corrected chi connectivity index (χ3v) is 3.20. The van der Waals surface area contributed by atoms with Crippen molar-refractivity contribution in [1.82, 2.24) is 10.2 Å². The van der Waals surface area contributed by atoms with Gasteiger partial charge in [0.25, 0.3) is 5.91 Å². The summed E-state index contributed by atoms with van der Waals surface area (Å²) in [6.45, 7) is 3.84. The number of hydrogen-bond acceptors (Lipinski definition) is 5. The lowest BCUT2D eigenvalue weighted by Crippen LogP contribution is -2.30. The fourth-order valence-electron chi connectivity index (χ4n) is 2.05. The van der Waals surface area contributed by atoms with Crippen LogP contribution in [-0.2, 0) is 0 Å². The van der Waals surface area contributed by atoms with Crippen LogP contribution in [0.3, 0.4) is 0 Å². The molecule has 17 heavy (non-hydrogen) atoms. The molecular weight excluding hydrogens is 218 g/mol. The van der Waals surface area contributed by atoms with Gasteiger partial charge in [-0.05, 0) is 31.4 Å². The Kier molecular flexibility index (Phi) is 3.23. The molecule has 0 aliphatic carbocycles. The average Bonchev–Trinajstić information content (AvgIpc) is 2.78. The van der Waals surface area contributed by atoms with Crippen molar-refractivity contribution < 1.29 is 4.79 Å². The highest BCUT2D eigenvalue weighted by Crippen LogP contribution is 2.23. The van der Waals surface area contributed by atoms with E-state index in [1.807, 2.05) is 6.92 Å². The Balaban J connectivity index is 2.06. The molecule has 92 valence electrons. The van der Waals surface area contributed by atoms with Gasteiger partial charge in [0, 0.05) is 19.1 Å². The van der Waals surface area contributed by atoms with Gasteiger partial charge >= 0.3 is 0 Å². The second-order valence-electron chi connectivity index (χ2n) is 4.49. The van der Waals surface area contributed by atoms with E-state index < -0.39 is 5.91 Å². The Hall–Kier alpha value is -1.69. The molecule has 0 bridgehead atoms. The molecule has 2 rings (SSSR count). The maximum Gasteiger partial charge on any atom is 0.269 e. The van der Waals surface area contributed by atoms with Gasteiger partial charge in [0.05, 0.1) is 0 Å². The van der Waals surface area contributed by atoms with Gasteiger partial charge in [0.15, 0.2) is 11.5 Å². The fourth-order valence-corrected chi connectivity index (χ4v) is 2.05. The molecule has 1 amide bonds. The molecule has 1 fully saturated rings. The first kappa shape index (κ1) is 11.8. The van der Waals surface area contributed by atoms with Crippen molar-refractivity contribution in [1.29, 1.82) is 0 Å². The van der Waals surface area contributed by atoms with Crippen molar-refractivity contribution in [3.63, 3.8) is 0 Å². The van der Waals surface area contributed by atoms with Crippen LogP contribution >= 0.6 is 0 Å². The third-order valence-electron chi connectivity index (χ3n) is 3.20. The zero-order chi connectivity index (χ0) is 12.4. The van der Waals surface area contributed by atoms with Crippen LogP contribution in [-0.4, -0.2) is 35.2 Å². The Labute approximate surface area is 100.0 Å². The first-order chi connectivity index (χ1) is 8.08. The Morgan fingerprint density at radius 2 is 2.29 bits per heavy atom. The number of hydrogen-bond donors (Lipinski definition) is 2. The summed E-state index contributed by atoms with van der Waals surface area (Å²) in [6, 6.07) is 3.57. The van der Waals surface area contributed by atoms with Crippen LogP contribution in [0.1, 0.15) is 23.8 Å². The summed E-state index contributed by atoms with van der Waals surface area (Å²) in [6.07, 6.45) is 1.07. The van der Waals surface area contributed by atoms with Gasteiger partial charge in [-0.25, -0.2) is 0 Å². The minimum absolute atomic E-state index is 0.191. The third kappa shape index (κ3) is 2.52. The quantitative estimate of drug-likeness (QED) is 0.752. The van der Waals surface area contributed by atoms with Crippen molar-refractivity contribution >= 4 is 11.7 Å². The minimum atomic E-state index is -0.557. The molecule has 1 aromatic rings. The lowest BCUT2D eigenvalue weighted by Gasteiger charge is -2.18. The maximum atomic E-state index is 10.9. The zero-order valence-corrected chi connectivity index (χ0v) is 9.84. The molecule has 4 N–H and O–H groups in total. The molecule has 6 nitrogen and oxygen atoms in total. The molecule has 1 aromatic heterocycles. The summed E-state index contributed by atoms with van der Waals surface area (Å²) in [4.78, 5) is 13.0. The summed E-state index contributed by atoms with van der Waals surface area (Å²) >= 11 is 0. The van der Waals surface area contributed by atoms with Crippen LogP contribution in [0.5, 0.6) is 0 Å². The molecule has 6 heteroatoms. The second-order valence-corrected chi connectivity index (χ2v) is 4.49. The smallest absolute Gasteiger partial charge is 0.269 e. The van der Waals surface area contributed by atoms with Crippen molar-refractivity contribution in [2.75, 3.05) is 18.0 Å². The number of aromatic nitrogens is 2. The number of carbonyl (C=O) groups is 1. The van der Waals surface area contributed by atoms with Gasteiger partial charge in [-0.1, -0.05) is 0 Å². The van der Waals surface area contributed by atoms with Gasteiger partial charge in [0.2, 0.25) is 0 Å². The highest BCUT2D eigenvalue weighted by atomic mass is 16.1. The van der Waals surface area contributed by atoms with Crippen molar-refractivity contribution in [2.45, 2.75) is 19.4 Å². The van der Waals surface area contributed by atoms with Crippen molar-refractivity contribution in [3.05, 3.63) is 17.8 Å². The fraction of sp³-hybridized carbons (Fsp3) is 0.545. The summed E-state index contributed by atoms with van der Waals surface area (Å²) in [5.74, 6) is 0.713. The molecule has 1 aliphatic heterocycles. The van der Waals surface area contributed by atoms with E-state index in [2.05, 4.69) is 15.1 Å². The molecular formula is C11H17N5O. The minimum Gasteiger partial charge on any atom is -0.364 e. The van der Waals surface area contributed by atoms with Crippen molar-refractivity contribution in [3.8, 4) is 0 Å². The van der Waals surface area contributed by atoms with Crippen LogP contribution < -0.4 is 16.4 Å². The average molecular weight is 235 g/mol. The van der Waals surface area contributed by atoms with Gasteiger partial charge in [-0.15, -0.1) is 10.2 Å². The molecule has 0 aromatic carbocycles. The van der Waals surface area contributed by atoms with Crippen molar-refractivity contribution in [2.24, 2.45) is 17.4 Å². The molecule has 0 saturated carbocycles. The highest BCUT2D eigenvalue weighted by molar-refractivity contribution is 5.90. The maximum absolute atomic E-state index is 10.9. The zero-order valence-electron chi connectivity index (χ0n) is 9.84. The van der Waals surface area contributed by atoms with Crippen LogP contribution in [0.2, 0.25) is 0 Å². The Morgan fingerprint density at radius 3 is 2.76 bits per heavy atom. The van der Waals surface area contributed by atoms with Gasteiger partial charge in [-0.3, -0.25) is 4.79 Å². The Morgan fingerprint density at radius 1 is 1.53 bits per heavy atom. The van der Waals surface area contributed by atoms with E-state index in [0.29, 0.717) is 5.92 Å². The number of nitrogens with zero attached hydrogens (tertiary/aromatic N) is 3. The van der Waals surface area contributed by atoms with Gasteiger partial charge < -0.3 is 16.4 Å². The SMILES string of the molecule is CC(N)C1CCN(c2ccc(C(N)=O)nn2)C1. The largest absolute Gasteiger partial charge is 0.364 e. The monoisotopic (exact) mass is 235 g/mol. The molecule has 1 saturated heterocycles. The summed E-state index contributed by atoms with van der Waals surface area (Å²) < 4.78 is 0. The topological polar surface area (TPSA) is 98.1 Å². The van der Waals surface area contributed by atoms with Crippen LogP contribution in [0.25, 0.3) is 0 Å². The Bertz CT molecular complexity index is 403. The number of amides is 1. The number of carbonyl (C=O) groups excluding carboxylic acids is 1. The molecule has 2 unspecified atom stereocenters. The summed E-state index contributed by atoms with van der Waals surface area (Å²) in [7, 11) is 0. The van der Waals surface area contributed by atoms with E-state index >= 15 is 0 Å². The number of primary amides is 1. The van der Waals surface area contributed by atoms with Crippen LogP contribution in [0.15, 0.2) is 12.1 Å². The second kappa shape index (κ2) is 4.67. The first-order valence-corrected chi connectivity index (χ1v) is 5.72. The standard InChI is InChI=1S/C11H17N5O/c1-7(12)8-4-5-16(6-8)10-3-2-9(11(13)17)14-15-10/h2-3,7-8H,4-6,12H2,1H3,(H2,13,17). The van der Waals surface area contributed by atoms with Crippen LogP contribution in [0, 0.1) is 5.92 Å². The molecule has 2 atom stereocenters. The predicted octanol–water partition coefficient (Wildman–Crippen LogP) is -0.251. The van der Waals surface area contributed by atoms with E-state index in [9.17, 15) is 4.79 Å². The number of nitrogens with two attached hydrogens (primary N) is 2. The van der Waals surface area contributed by atoms with E-state index in [4.69, 9.17) is 11.5 Å². The predicted molar refractivity (Wildman–Crippen MR) is 64.5 cm³/mol. The summed E-state index contributed by atoms with van der Waals surface area (Å²) in [5.41, 5.74) is 11.2. The lowest BCUT2D eigenvalue weighted by molar-refractivity contribution is 0.0994. The van der Waals surface area contributed by atoms with E-state index in [-0.39, 0.29) is 11.7 Å². The first-order valence-electron chi connectivity index (χ1n) is 5.72. The molecule has 2 heterocycles. The van der Waals surface area contributed by atoms with E-state index in [0.717, 1.165) is 25.3 Å². The number of anilines is 1. The number of rotatable bonds is 3. The molecule has 0 spiro atoms. The normalized spacial score (nSPS) is 21.5. The lowest BCUT2D eigenvalue weighted by atomic mass is 10.0. The van der Waals surface area contributed by atoms with Gasteiger partial charge in [-0.2, -0.15) is 0 Å². The van der Waals surface area contributed by atoms with Gasteiger partial charge in [0.1, 0.15) is 0 Å². The van der Waals surface area contributed by atoms with E-state index in [1.54, 1.807) is 12.1 Å². The molecule has 0 radical (unpaired) electrons. The highest BCUT2D eigenvalue weighted by Gasteiger charge is 2.26. The van der Waals surface area contributed by atoms with E-state index in [1.165, 1.54) is 0 Å².